The number of nitrogens with zero attached hydrogens (tertiary/aromatic N) is 4. The van der Waals surface area contributed by atoms with Crippen LogP contribution < -0.4 is 5.32 Å². The molecule has 192 valence electrons. The van der Waals surface area contributed by atoms with E-state index in [0.29, 0.717) is 51.3 Å². The molecule has 0 aliphatic carbocycles. The lowest BCUT2D eigenvalue weighted by Gasteiger charge is -2.23. The second kappa shape index (κ2) is 9.30. The SMILES string of the molecule is CC(C)(C)CC(O)Nc1cncc(-c2cc3c(-c4nc5nccc(-c6ccsc6)c5[nH]4)n[nH]c3cc2F)c1. The number of halogens is 1. The predicted molar refractivity (Wildman–Crippen MR) is 149 cm³/mol. The van der Waals surface area contributed by atoms with Crippen LogP contribution in [0.2, 0.25) is 0 Å². The number of pyridine rings is 2. The van der Waals surface area contributed by atoms with Crippen molar-refractivity contribution < 1.29 is 9.50 Å². The van der Waals surface area contributed by atoms with Crippen LogP contribution in [0.4, 0.5) is 10.1 Å². The number of hydrogen-bond acceptors (Lipinski definition) is 7. The van der Waals surface area contributed by atoms with Crippen molar-refractivity contribution in [3.63, 3.8) is 0 Å². The fourth-order valence-corrected chi connectivity index (χ4v) is 5.27. The molecule has 1 aromatic carbocycles. The molecule has 0 fully saturated rings. The molecule has 0 saturated heterocycles. The van der Waals surface area contributed by atoms with Gasteiger partial charge in [-0.1, -0.05) is 20.8 Å². The quantitative estimate of drug-likeness (QED) is 0.182. The van der Waals surface area contributed by atoms with Crippen molar-refractivity contribution in [1.82, 2.24) is 30.1 Å². The van der Waals surface area contributed by atoms with Crippen LogP contribution in [0.1, 0.15) is 27.2 Å². The van der Waals surface area contributed by atoms with Gasteiger partial charge in [-0.25, -0.2) is 14.4 Å². The molecule has 0 aliphatic heterocycles. The molecule has 0 bridgehead atoms. The Kier molecular flexibility index (Phi) is 5.93. The van der Waals surface area contributed by atoms with E-state index >= 15 is 4.39 Å². The van der Waals surface area contributed by atoms with Crippen molar-refractivity contribution in [3.05, 3.63) is 65.5 Å². The van der Waals surface area contributed by atoms with Crippen LogP contribution in [0, 0.1) is 11.2 Å². The topological polar surface area (TPSA) is 115 Å². The molecule has 0 aliphatic rings. The highest BCUT2D eigenvalue weighted by atomic mass is 32.1. The van der Waals surface area contributed by atoms with Gasteiger partial charge < -0.3 is 15.4 Å². The third-order valence-corrected chi connectivity index (χ3v) is 6.97. The van der Waals surface area contributed by atoms with Gasteiger partial charge in [-0.2, -0.15) is 16.4 Å². The summed E-state index contributed by atoms with van der Waals surface area (Å²) in [6.45, 7) is 6.17. The van der Waals surface area contributed by atoms with Gasteiger partial charge in [-0.05, 0) is 52.4 Å². The summed E-state index contributed by atoms with van der Waals surface area (Å²) in [5.74, 6) is 0.130. The average molecular weight is 528 g/mol. The van der Waals surface area contributed by atoms with Gasteiger partial charge in [0.2, 0.25) is 0 Å². The van der Waals surface area contributed by atoms with Gasteiger partial charge in [0.1, 0.15) is 17.7 Å². The highest BCUT2D eigenvalue weighted by Gasteiger charge is 2.20. The number of aromatic nitrogens is 6. The van der Waals surface area contributed by atoms with E-state index in [9.17, 15) is 5.11 Å². The molecule has 1 unspecified atom stereocenters. The number of imidazole rings is 1. The van der Waals surface area contributed by atoms with Gasteiger partial charge >= 0.3 is 0 Å². The molecule has 0 spiro atoms. The first kappa shape index (κ1) is 24.2. The number of rotatable bonds is 6. The number of aromatic amines is 2. The third kappa shape index (κ3) is 4.64. The number of aliphatic hydroxyl groups is 1. The summed E-state index contributed by atoms with van der Waals surface area (Å²) < 4.78 is 15.2. The Balaban J connectivity index is 1.39. The van der Waals surface area contributed by atoms with Crippen LogP contribution in [-0.2, 0) is 0 Å². The van der Waals surface area contributed by atoms with E-state index in [1.165, 1.54) is 6.07 Å². The number of nitrogens with one attached hydrogen (secondary N) is 3. The molecule has 6 rings (SSSR count). The normalized spacial score (nSPS) is 12.9. The second-order valence-electron chi connectivity index (χ2n) is 10.5. The minimum atomic E-state index is -0.750. The fraction of sp³-hybridized carbons (Fsp3) is 0.214. The predicted octanol–water partition coefficient (Wildman–Crippen LogP) is 6.60. The Morgan fingerprint density at radius 1 is 1.11 bits per heavy atom. The zero-order valence-corrected chi connectivity index (χ0v) is 21.9. The lowest BCUT2D eigenvalue weighted by molar-refractivity contribution is 0.145. The molecule has 4 N–H and O–H groups in total. The zero-order valence-electron chi connectivity index (χ0n) is 21.1. The van der Waals surface area contributed by atoms with E-state index in [4.69, 9.17) is 0 Å². The Morgan fingerprint density at radius 3 is 2.76 bits per heavy atom. The van der Waals surface area contributed by atoms with Crippen molar-refractivity contribution in [1.29, 1.82) is 0 Å². The summed E-state index contributed by atoms with van der Waals surface area (Å²) in [6.07, 6.45) is 4.75. The first-order valence-electron chi connectivity index (χ1n) is 12.2. The minimum Gasteiger partial charge on any atom is -0.374 e. The fourth-order valence-electron chi connectivity index (χ4n) is 4.61. The second-order valence-corrected chi connectivity index (χ2v) is 11.3. The van der Waals surface area contributed by atoms with Crippen molar-refractivity contribution in [2.24, 2.45) is 5.41 Å². The molecule has 0 saturated carbocycles. The van der Waals surface area contributed by atoms with Crippen LogP contribution in [0.5, 0.6) is 0 Å². The lowest BCUT2D eigenvalue weighted by Crippen LogP contribution is -2.25. The highest BCUT2D eigenvalue weighted by molar-refractivity contribution is 7.08. The van der Waals surface area contributed by atoms with Crippen LogP contribution in [0.25, 0.3) is 55.8 Å². The molecule has 0 amide bonds. The number of benzene rings is 1. The zero-order chi connectivity index (χ0) is 26.4. The summed E-state index contributed by atoms with van der Waals surface area (Å²) in [4.78, 5) is 16.8. The van der Waals surface area contributed by atoms with Gasteiger partial charge in [-0.3, -0.25) is 10.1 Å². The van der Waals surface area contributed by atoms with E-state index in [1.807, 2.05) is 11.4 Å². The van der Waals surface area contributed by atoms with Gasteiger partial charge in [-0.15, -0.1) is 0 Å². The van der Waals surface area contributed by atoms with Gasteiger partial charge in [0.05, 0.1) is 22.9 Å². The summed E-state index contributed by atoms with van der Waals surface area (Å²) in [5.41, 5.74) is 6.11. The maximum atomic E-state index is 15.2. The monoisotopic (exact) mass is 527 g/mol. The molecule has 8 nitrogen and oxygen atoms in total. The Hall–Kier alpha value is -4.15. The smallest absolute Gasteiger partial charge is 0.178 e. The van der Waals surface area contributed by atoms with Crippen LogP contribution >= 0.6 is 11.3 Å². The summed E-state index contributed by atoms with van der Waals surface area (Å²) in [6, 6.07) is 8.96. The first-order chi connectivity index (χ1) is 18.2. The maximum absolute atomic E-state index is 15.2. The van der Waals surface area contributed by atoms with Gasteiger partial charge in [0.15, 0.2) is 11.5 Å². The van der Waals surface area contributed by atoms with Crippen molar-refractivity contribution in [2.75, 3.05) is 5.32 Å². The van der Waals surface area contributed by atoms with Crippen LogP contribution in [0.3, 0.4) is 0 Å². The number of thiophene rings is 1. The standard InChI is InChI=1S/C28H26FN7OS/c1-28(2,3)11-23(37)32-17-8-16(12-30-13-17)19-9-20-22(10-21(19)29)35-36-25(20)27-33-24-18(15-5-7-38-14-15)4-6-31-26(24)34-27/h4-10,12-14,23,32,37H,11H2,1-3H3,(H,35,36)(H,31,33,34). The highest BCUT2D eigenvalue weighted by Crippen LogP contribution is 2.34. The van der Waals surface area contributed by atoms with E-state index in [0.717, 1.165) is 16.6 Å². The summed E-state index contributed by atoms with van der Waals surface area (Å²) in [5, 5.41) is 25.7. The molecule has 5 heterocycles. The number of anilines is 1. The minimum absolute atomic E-state index is 0.0526. The molecular weight excluding hydrogens is 501 g/mol. The van der Waals surface area contributed by atoms with Gasteiger partial charge in [0.25, 0.3) is 0 Å². The first-order valence-corrected chi connectivity index (χ1v) is 13.1. The average Bonchev–Trinajstić information content (AvgIpc) is 3.61. The van der Waals surface area contributed by atoms with Crippen LogP contribution in [-0.4, -0.2) is 41.5 Å². The molecule has 6 aromatic rings. The maximum Gasteiger partial charge on any atom is 0.178 e. The number of fused-ring (bicyclic) bond motifs is 2. The number of H-pyrrole nitrogens is 2. The lowest BCUT2D eigenvalue weighted by atomic mass is 9.91. The number of aliphatic hydroxyl groups excluding tert-OH is 1. The van der Waals surface area contributed by atoms with Gasteiger partial charge in [0, 0.05) is 40.5 Å². The Labute approximate surface area is 222 Å². The molecular formula is C28H26FN7OS. The Morgan fingerprint density at radius 2 is 1.97 bits per heavy atom. The number of hydrogen-bond donors (Lipinski definition) is 4. The van der Waals surface area contributed by atoms with E-state index in [-0.39, 0.29) is 5.41 Å². The Bertz CT molecular complexity index is 1750. The van der Waals surface area contributed by atoms with Crippen LogP contribution in [0.15, 0.2) is 59.7 Å². The van der Waals surface area contributed by atoms with Crippen molar-refractivity contribution in [3.8, 4) is 33.8 Å². The molecule has 38 heavy (non-hydrogen) atoms. The summed E-state index contributed by atoms with van der Waals surface area (Å²) in [7, 11) is 0. The van der Waals surface area contributed by atoms with E-state index < -0.39 is 12.0 Å². The molecule has 10 heteroatoms. The van der Waals surface area contributed by atoms with Crippen molar-refractivity contribution >= 4 is 39.1 Å². The molecule has 5 aromatic heterocycles. The van der Waals surface area contributed by atoms with E-state index in [2.05, 4.69) is 67.7 Å². The largest absolute Gasteiger partial charge is 0.374 e. The van der Waals surface area contributed by atoms with Crippen molar-refractivity contribution in [2.45, 2.75) is 33.4 Å². The summed E-state index contributed by atoms with van der Waals surface area (Å²) >= 11 is 1.63. The third-order valence-electron chi connectivity index (χ3n) is 6.29. The molecule has 0 radical (unpaired) electrons. The molecule has 1 atom stereocenters. The van der Waals surface area contributed by atoms with E-state index in [1.54, 1.807) is 42.1 Å².